The van der Waals surface area contributed by atoms with Gasteiger partial charge in [0.05, 0.1) is 17.2 Å². The Morgan fingerprint density at radius 2 is 1.70 bits per heavy atom. The summed E-state index contributed by atoms with van der Waals surface area (Å²) in [6, 6.07) is 6.97. The van der Waals surface area contributed by atoms with Gasteiger partial charge < -0.3 is 4.43 Å². The Morgan fingerprint density at radius 1 is 1.13 bits per heavy atom. The van der Waals surface area contributed by atoms with E-state index in [-0.39, 0.29) is 5.04 Å². The summed E-state index contributed by atoms with van der Waals surface area (Å²) < 4.78 is 33.1. The fourth-order valence-electron chi connectivity index (χ4n) is 2.10. The van der Waals surface area contributed by atoms with Gasteiger partial charge in [0.1, 0.15) is 0 Å². The van der Waals surface area contributed by atoms with E-state index in [1.54, 1.807) is 12.1 Å². The minimum atomic E-state index is -3.46. The van der Waals surface area contributed by atoms with Crippen LogP contribution in [0.2, 0.25) is 18.1 Å². The van der Waals surface area contributed by atoms with Gasteiger partial charge in [-0.2, -0.15) is 4.31 Å². The Morgan fingerprint density at radius 3 is 2.22 bits per heavy atom. The largest absolute Gasteiger partial charge is 0.546 e. The minimum Gasteiger partial charge on any atom is -0.546 e. The van der Waals surface area contributed by atoms with Gasteiger partial charge in [0.15, 0.2) is 0 Å². The molecule has 0 aromatic heterocycles. The quantitative estimate of drug-likeness (QED) is 0.771. The molecule has 0 unspecified atom stereocenters. The first-order valence-electron chi connectivity index (χ1n) is 7.88. The number of nitrogens with zero attached hydrogens (tertiary/aromatic N) is 1. The molecule has 1 heterocycles. The Labute approximate surface area is 141 Å². The SMILES string of the molecule is Cc1ccc(S(=O)(=O)N2CC=C(O[Si](C)(C)C(C)(C)C)C2)cc1. The molecule has 1 aliphatic heterocycles. The summed E-state index contributed by atoms with van der Waals surface area (Å²) in [5.74, 6) is 0.785. The molecule has 0 amide bonds. The molecule has 0 saturated carbocycles. The lowest BCUT2D eigenvalue weighted by molar-refractivity contribution is 0.358. The van der Waals surface area contributed by atoms with E-state index >= 15 is 0 Å². The fraction of sp³-hybridized carbons (Fsp3) is 0.529. The highest BCUT2D eigenvalue weighted by molar-refractivity contribution is 7.89. The topological polar surface area (TPSA) is 46.6 Å². The molecule has 0 radical (unpaired) electrons. The van der Waals surface area contributed by atoms with E-state index in [4.69, 9.17) is 4.43 Å². The van der Waals surface area contributed by atoms with Crippen molar-refractivity contribution in [1.29, 1.82) is 0 Å². The predicted octanol–water partition coefficient (Wildman–Crippen LogP) is 3.91. The molecule has 0 atom stereocenters. The number of sulfonamides is 1. The van der Waals surface area contributed by atoms with Gasteiger partial charge in [-0.15, -0.1) is 0 Å². The standard InChI is InChI=1S/C17H27NO3SSi/c1-14-7-9-16(10-8-14)22(19,20)18-12-11-15(13-18)21-23(5,6)17(2,3)4/h7-11H,12-13H2,1-6H3. The highest BCUT2D eigenvalue weighted by Crippen LogP contribution is 2.38. The van der Waals surface area contributed by atoms with Gasteiger partial charge in [0.2, 0.25) is 18.3 Å². The van der Waals surface area contributed by atoms with Gasteiger partial charge in [-0.05, 0) is 43.3 Å². The summed E-state index contributed by atoms with van der Waals surface area (Å²) >= 11 is 0. The number of hydrogen-bond donors (Lipinski definition) is 0. The summed E-state index contributed by atoms with van der Waals surface area (Å²) in [6.07, 6.45) is 1.90. The molecule has 6 heteroatoms. The van der Waals surface area contributed by atoms with Crippen LogP contribution >= 0.6 is 0 Å². The van der Waals surface area contributed by atoms with Crippen LogP contribution in [-0.2, 0) is 14.4 Å². The lowest BCUT2D eigenvalue weighted by Crippen LogP contribution is -2.41. The number of benzene rings is 1. The summed E-state index contributed by atoms with van der Waals surface area (Å²) in [5.41, 5.74) is 1.05. The van der Waals surface area contributed by atoms with Crippen LogP contribution in [-0.4, -0.2) is 34.1 Å². The zero-order valence-corrected chi connectivity index (χ0v) is 16.7. The molecular weight excluding hydrogens is 326 g/mol. The zero-order valence-electron chi connectivity index (χ0n) is 14.9. The van der Waals surface area contributed by atoms with Crippen molar-refractivity contribution in [2.75, 3.05) is 13.1 Å². The molecule has 0 saturated heterocycles. The van der Waals surface area contributed by atoms with E-state index in [9.17, 15) is 8.42 Å². The smallest absolute Gasteiger partial charge is 0.250 e. The van der Waals surface area contributed by atoms with E-state index < -0.39 is 18.3 Å². The van der Waals surface area contributed by atoms with Crippen LogP contribution < -0.4 is 0 Å². The Hall–Kier alpha value is -1.11. The van der Waals surface area contributed by atoms with E-state index in [1.165, 1.54) is 4.31 Å². The zero-order chi connectivity index (χ0) is 17.5. The van der Waals surface area contributed by atoms with Gasteiger partial charge >= 0.3 is 0 Å². The average Bonchev–Trinajstić information content (AvgIpc) is 2.86. The average molecular weight is 354 g/mol. The van der Waals surface area contributed by atoms with Gasteiger partial charge in [-0.1, -0.05) is 38.5 Å². The predicted molar refractivity (Wildman–Crippen MR) is 96.3 cm³/mol. The number of hydrogen-bond acceptors (Lipinski definition) is 3. The second-order valence-corrected chi connectivity index (χ2v) is 14.3. The summed E-state index contributed by atoms with van der Waals surface area (Å²) in [4.78, 5) is 0.338. The molecule has 23 heavy (non-hydrogen) atoms. The Kier molecular flexibility index (Phi) is 4.81. The van der Waals surface area contributed by atoms with Gasteiger partial charge in [0, 0.05) is 6.54 Å². The van der Waals surface area contributed by atoms with Crippen LogP contribution in [0, 0.1) is 6.92 Å². The molecule has 1 aromatic rings. The summed E-state index contributed by atoms with van der Waals surface area (Å²) in [5, 5.41) is 0.0943. The molecule has 1 aliphatic rings. The molecule has 0 bridgehead atoms. The maximum Gasteiger partial charge on any atom is 0.250 e. The third kappa shape index (κ3) is 3.87. The van der Waals surface area contributed by atoms with Crippen LogP contribution in [0.15, 0.2) is 41.0 Å². The first-order valence-corrected chi connectivity index (χ1v) is 12.2. The van der Waals surface area contributed by atoms with E-state index in [1.807, 2.05) is 25.1 Å². The molecule has 1 aromatic carbocycles. The highest BCUT2D eigenvalue weighted by atomic mass is 32.2. The lowest BCUT2D eigenvalue weighted by Gasteiger charge is -2.37. The molecule has 0 N–H and O–H groups in total. The maximum absolute atomic E-state index is 12.7. The first-order chi connectivity index (χ1) is 10.4. The van der Waals surface area contributed by atoms with Crippen molar-refractivity contribution in [3.63, 3.8) is 0 Å². The van der Waals surface area contributed by atoms with Crippen LogP contribution in [0.4, 0.5) is 0 Å². The highest BCUT2D eigenvalue weighted by Gasteiger charge is 2.40. The van der Waals surface area contributed by atoms with Crippen molar-refractivity contribution in [3.05, 3.63) is 41.7 Å². The van der Waals surface area contributed by atoms with Crippen molar-refractivity contribution < 1.29 is 12.8 Å². The van der Waals surface area contributed by atoms with E-state index in [0.717, 1.165) is 11.3 Å². The molecule has 128 valence electrons. The normalized spacial score (nSPS) is 17.2. The van der Waals surface area contributed by atoms with E-state index in [2.05, 4.69) is 33.9 Å². The maximum atomic E-state index is 12.7. The second-order valence-electron chi connectivity index (χ2n) is 7.64. The van der Waals surface area contributed by atoms with Crippen molar-refractivity contribution in [1.82, 2.24) is 4.31 Å². The van der Waals surface area contributed by atoms with Crippen LogP contribution in [0.1, 0.15) is 26.3 Å². The number of aryl methyl sites for hydroxylation is 1. The van der Waals surface area contributed by atoms with Crippen molar-refractivity contribution in [2.24, 2.45) is 0 Å². The molecular formula is C17H27NO3SSi. The Balaban J connectivity index is 2.11. The molecule has 0 fully saturated rings. The molecule has 0 aliphatic carbocycles. The van der Waals surface area contributed by atoms with Crippen LogP contribution in [0.3, 0.4) is 0 Å². The van der Waals surface area contributed by atoms with Crippen LogP contribution in [0.5, 0.6) is 0 Å². The molecule has 4 nitrogen and oxygen atoms in total. The van der Waals surface area contributed by atoms with Gasteiger partial charge in [-0.25, -0.2) is 8.42 Å². The van der Waals surface area contributed by atoms with Crippen molar-refractivity contribution >= 4 is 18.3 Å². The summed E-state index contributed by atoms with van der Waals surface area (Å²) in [6.45, 7) is 13.5. The van der Waals surface area contributed by atoms with E-state index in [0.29, 0.717) is 18.0 Å². The lowest BCUT2D eigenvalue weighted by atomic mass is 10.2. The Bertz CT molecular complexity index is 700. The second kappa shape index (κ2) is 6.07. The van der Waals surface area contributed by atoms with Crippen molar-refractivity contribution in [3.8, 4) is 0 Å². The first kappa shape index (κ1) is 18.2. The summed E-state index contributed by atoms with van der Waals surface area (Å²) in [7, 11) is -5.40. The minimum absolute atomic E-state index is 0.0943. The third-order valence-electron chi connectivity index (χ3n) is 4.71. The van der Waals surface area contributed by atoms with Crippen LogP contribution in [0.25, 0.3) is 0 Å². The number of rotatable bonds is 4. The van der Waals surface area contributed by atoms with Gasteiger partial charge in [-0.3, -0.25) is 0 Å². The fourth-order valence-corrected chi connectivity index (χ4v) is 4.56. The van der Waals surface area contributed by atoms with Crippen molar-refractivity contribution in [2.45, 2.75) is 50.7 Å². The van der Waals surface area contributed by atoms with Gasteiger partial charge in [0.25, 0.3) is 0 Å². The third-order valence-corrected chi connectivity index (χ3v) is 10.9. The molecule has 0 spiro atoms. The monoisotopic (exact) mass is 353 g/mol. The molecule has 2 rings (SSSR count).